The van der Waals surface area contributed by atoms with Gasteiger partial charge in [-0.3, -0.25) is 0 Å². The molecule has 0 amide bonds. The molecule has 0 fully saturated rings. The standard InChI is InChI=1S/C14H12Br2FN/c1-8-2-3-12(17)7-13(8)14(18)9-4-10(15)6-11(16)5-9/h2-7,14H,18H2,1H3. The minimum absolute atomic E-state index is 0.264. The largest absolute Gasteiger partial charge is 0.320 e. The molecule has 0 saturated carbocycles. The van der Waals surface area contributed by atoms with E-state index in [4.69, 9.17) is 5.73 Å². The number of benzene rings is 2. The van der Waals surface area contributed by atoms with Crippen molar-refractivity contribution in [3.05, 3.63) is 67.9 Å². The summed E-state index contributed by atoms with van der Waals surface area (Å²) < 4.78 is 15.2. The molecule has 1 nitrogen and oxygen atoms in total. The van der Waals surface area contributed by atoms with Gasteiger partial charge in [0.1, 0.15) is 5.82 Å². The summed E-state index contributed by atoms with van der Waals surface area (Å²) in [5.74, 6) is -0.264. The molecule has 1 unspecified atom stereocenters. The van der Waals surface area contributed by atoms with Crippen molar-refractivity contribution in [2.45, 2.75) is 13.0 Å². The van der Waals surface area contributed by atoms with Crippen LogP contribution in [0, 0.1) is 12.7 Å². The van der Waals surface area contributed by atoms with Crippen molar-refractivity contribution in [2.24, 2.45) is 5.73 Å². The van der Waals surface area contributed by atoms with Gasteiger partial charge < -0.3 is 5.73 Å². The molecule has 0 aromatic heterocycles. The highest BCUT2D eigenvalue weighted by molar-refractivity contribution is 9.11. The Kier molecular flexibility index (Phi) is 4.20. The fourth-order valence-electron chi connectivity index (χ4n) is 1.88. The zero-order chi connectivity index (χ0) is 13.3. The maximum Gasteiger partial charge on any atom is 0.123 e. The molecule has 0 aliphatic carbocycles. The number of halogens is 3. The van der Waals surface area contributed by atoms with Gasteiger partial charge in [0.05, 0.1) is 6.04 Å². The molecule has 2 N–H and O–H groups in total. The third-order valence-electron chi connectivity index (χ3n) is 2.82. The first-order valence-electron chi connectivity index (χ1n) is 5.45. The Morgan fingerprint density at radius 3 is 2.28 bits per heavy atom. The van der Waals surface area contributed by atoms with E-state index in [2.05, 4.69) is 31.9 Å². The second kappa shape index (κ2) is 5.51. The van der Waals surface area contributed by atoms with Gasteiger partial charge in [0, 0.05) is 8.95 Å². The van der Waals surface area contributed by atoms with Crippen LogP contribution in [-0.4, -0.2) is 0 Å². The third-order valence-corrected chi connectivity index (χ3v) is 3.74. The van der Waals surface area contributed by atoms with Crippen LogP contribution in [0.1, 0.15) is 22.7 Å². The first-order valence-corrected chi connectivity index (χ1v) is 7.03. The molecule has 4 heteroatoms. The Bertz CT molecular complexity index is 564. The SMILES string of the molecule is Cc1ccc(F)cc1C(N)c1cc(Br)cc(Br)c1. The first kappa shape index (κ1) is 13.7. The molecule has 0 aliphatic heterocycles. The molecule has 0 heterocycles. The summed E-state index contributed by atoms with van der Waals surface area (Å²) in [6.45, 7) is 1.93. The number of nitrogens with two attached hydrogens (primary N) is 1. The minimum atomic E-state index is -0.338. The molecular formula is C14H12Br2FN. The topological polar surface area (TPSA) is 26.0 Å². The Morgan fingerprint density at radius 2 is 1.67 bits per heavy atom. The molecular weight excluding hydrogens is 361 g/mol. The lowest BCUT2D eigenvalue weighted by Crippen LogP contribution is -2.13. The highest BCUT2D eigenvalue weighted by atomic mass is 79.9. The van der Waals surface area contributed by atoms with Gasteiger partial charge in [-0.25, -0.2) is 4.39 Å². The van der Waals surface area contributed by atoms with E-state index in [-0.39, 0.29) is 11.9 Å². The summed E-state index contributed by atoms with van der Waals surface area (Å²) in [7, 11) is 0. The Labute approximate surface area is 122 Å². The summed E-state index contributed by atoms with van der Waals surface area (Å²) in [4.78, 5) is 0. The van der Waals surface area contributed by atoms with E-state index in [0.29, 0.717) is 0 Å². The second-order valence-corrected chi connectivity index (χ2v) is 6.01. The van der Waals surface area contributed by atoms with Crippen LogP contribution in [0.3, 0.4) is 0 Å². The van der Waals surface area contributed by atoms with Crippen LogP contribution < -0.4 is 5.73 Å². The fourth-order valence-corrected chi connectivity index (χ4v) is 3.21. The monoisotopic (exact) mass is 371 g/mol. The first-order chi connectivity index (χ1) is 8.47. The molecule has 2 aromatic carbocycles. The quantitative estimate of drug-likeness (QED) is 0.811. The third kappa shape index (κ3) is 2.99. The Balaban J connectivity index is 2.47. The van der Waals surface area contributed by atoms with Crippen LogP contribution in [0.25, 0.3) is 0 Å². The number of aryl methyl sites for hydroxylation is 1. The van der Waals surface area contributed by atoms with E-state index in [1.807, 2.05) is 25.1 Å². The van der Waals surface area contributed by atoms with Crippen LogP contribution >= 0.6 is 31.9 Å². The van der Waals surface area contributed by atoms with Crippen molar-refractivity contribution < 1.29 is 4.39 Å². The number of rotatable bonds is 2. The summed E-state index contributed by atoms with van der Waals surface area (Å²) in [6, 6.07) is 10.2. The van der Waals surface area contributed by atoms with Crippen molar-refractivity contribution in [3.8, 4) is 0 Å². The van der Waals surface area contributed by atoms with Crippen LogP contribution in [-0.2, 0) is 0 Å². The fraction of sp³-hybridized carbons (Fsp3) is 0.143. The molecule has 0 spiro atoms. The summed E-state index contributed by atoms with van der Waals surface area (Å²) >= 11 is 6.85. The van der Waals surface area contributed by atoms with Crippen molar-refractivity contribution >= 4 is 31.9 Å². The smallest absolute Gasteiger partial charge is 0.123 e. The molecule has 0 aliphatic rings. The predicted molar refractivity (Wildman–Crippen MR) is 79.0 cm³/mol. The van der Waals surface area contributed by atoms with Crippen molar-refractivity contribution in [1.29, 1.82) is 0 Å². The molecule has 2 rings (SSSR count). The van der Waals surface area contributed by atoms with Gasteiger partial charge in [-0.15, -0.1) is 0 Å². The van der Waals surface area contributed by atoms with Crippen LogP contribution in [0.2, 0.25) is 0 Å². The molecule has 1 atom stereocenters. The van der Waals surface area contributed by atoms with Crippen LogP contribution in [0.4, 0.5) is 4.39 Å². The minimum Gasteiger partial charge on any atom is -0.320 e. The lowest BCUT2D eigenvalue weighted by molar-refractivity contribution is 0.622. The zero-order valence-corrected chi connectivity index (χ0v) is 12.9. The van der Waals surface area contributed by atoms with Crippen molar-refractivity contribution in [3.63, 3.8) is 0 Å². The van der Waals surface area contributed by atoms with E-state index in [0.717, 1.165) is 25.6 Å². The van der Waals surface area contributed by atoms with Crippen LogP contribution in [0.5, 0.6) is 0 Å². The average Bonchev–Trinajstić information content (AvgIpc) is 2.30. The van der Waals surface area contributed by atoms with Gasteiger partial charge in [-0.1, -0.05) is 37.9 Å². The second-order valence-electron chi connectivity index (χ2n) is 4.18. The highest BCUT2D eigenvalue weighted by Crippen LogP contribution is 2.28. The van der Waals surface area contributed by atoms with Crippen molar-refractivity contribution in [2.75, 3.05) is 0 Å². The predicted octanol–water partition coefficient (Wildman–Crippen LogP) is 4.71. The van der Waals surface area contributed by atoms with E-state index in [1.165, 1.54) is 12.1 Å². The Hall–Kier alpha value is -0.710. The van der Waals surface area contributed by atoms with Gasteiger partial charge in [0.25, 0.3) is 0 Å². The van der Waals surface area contributed by atoms with Gasteiger partial charge in [-0.05, 0) is 53.9 Å². The highest BCUT2D eigenvalue weighted by Gasteiger charge is 2.13. The average molecular weight is 373 g/mol. The summed E-state index contributed by atoms with van der Waals surface area (Å²) in [5, 5.41) is 0. The lowest BCUT2D eigenvalue weighted by atomic mass is 9.96. The number of hydrogen-bond donors (Lipinski definition) is 1. The normalized spacial score (nSPS) is 12.5. The zero-order valence-electron chi connectivity index (χ0n) is 9.75. The molecule has 0 bridgehead atoms. The molecule has 0 radical (unpaired) electrons. The summed E-state index contributed by atoms with van der Waals surface area (Å²) in [6.07, 6.45) is 0. The van der Waals surface area contributed by atoms with Gasteiger partial charge in [0.15, 0.2) is 0 Å². The molecule has 18 heavy (non-hydrogen) atoms. The summed E-state index contributed by atoms with van der Waals surface area (Å²) in [5.41, 5.74) is 8.94. The molecule has 0 saturated heterocycles. The van der Waals surface area contributed by atoms with E-state index < -0.39 is 0 Å². The molecule has 2 aromatic rings. The van der Waals surface area contributed by atoms with E-state index in [9.17, 15) is 4.39 Å². The van der Waals surface area contributed by atoms with Gasteiger partial charge >= 0.3 is 0 Å². The van der Waals surface area contributed by atoms with Gasteiger partial charge in [0.2, 0.25) is 0 Å². The Morgan fingerprint density at radius 1 is 1.06 bits per heavy atom. The lowest BCUT2D eigenvalue weighted by Gasteiger charge is -2.16. The molecule has 94 valence electrons. The number of hydrogen-bond acceptors (Lipinski definition) is 1. The van der Waals surface area contributed by atoms with Crippen LogP contribution in [0.15, 0.2) is 45.3 Å². The van der Waals surface area contributed by atoms with Crippen molar-refractivity contribution in [1.82, 2.24) is 0 Å². The maximum absolute atomic E-state index is 13.3. The van der Waals surface area contributed by atoms with E-state index >= 15 is 0 Å². The van der Waals surface area contributed by atoms with Gasteiger partial charge in [-0.2, -0.15) is 0 Å². The van der Waals surface area contributed by atoms with E-state index in [1.54, 1.807) is 6.07 Å². The maximum atomic E-state index is 13.3.